The van der Waals surface area contributed by atoms with Gasteiger partial charge in [-0.05, 0) is 71.0 Å². The molecule has 0 spiro atoms. The fourth-order valence-corrected chi connectivity index (χ4v) is 2.84. The van der Waals surface area contributed by atoms with Crippen molar-refractivity contribution in [2.24, 2.45) is 5.41 Å². The summed E-state index contributed by atoms with van der Waals surface area (Å²) < 4.78 is 11.1. The molecule has 0 radical (unpaired) electrons. The SMILES string of the molecule is COCC1(C(=O)Nc2ccc(OC(C)(C)C)cc2)CCNCC1.Cl. The molecule has 1 aromatic rings. The second-order valence-electron chi connectivity index (χ2n) is 7.16. The second kappa shape index (κ2) is 8.70. The highest BCUT2D eigenvalue weighted by Crippen LogP contribution is 2.31. The summed E-state index contributed by atoms with van der Waals surface area (Å²) in [6, 6.07) is 7.51. The van der Waals surface area contributed by atoms with Crippen LogP contribution in [-0.2, 0) is 9.53 Å². The molecule has 0 aromatic heterocycles. The van der Waals surface area contributed by atoms with Gasteiger partial charge in [0.05, 0.1) is 12.0 Å². The number of carbonyl (C=O) groups is 1. The Morgan fingerprint density at radius 1 is 1.21 bits per heavy atom. The number of hydrogen-bond acceptors (Lipinski definition) is 4. The number of anilines is 1. The van der Waals surface area contributed by atoms with E-state index < -0.39 is 5.41 Å². The van der Waals surface area contributed by atoms with Crippen molar-refractivity contribution in [3.05, 3.63) is 24.3 Å². The van der Waals surface area contributed by atoms with E-state index in [0.717, 1.165) is 37.4 Å². The molecule has 1 saturated heterocycles. The molecule has 2 N–H and O–H groups in total. The second-order valence-corrected chi connectivity index (χ2v) is 7.16. The van der Waals surface area contributed by atoms with Crippen molar-refractivity contribution in [2.75, 3.05) is 32.1 Å². The fourth-order valence-electron chi connectivity index (χ4n) is 2.84. The maximum atomic E-state index is 12.7. The molecule has 0 saturated carbocycles. The van der Waals surface area contributed by atoms with Gasteiger partial charge in [-0.15, -0.1) is 12.4 Å². The zero-order chi connectivity index (χ0) is 16.9. The van der Waals surface area contributed by atoms with Crippen molar-refractivity contribution in [3.63, 3.8) is 0 Å². The summed E-state index contributed by atoms with van der Waals surface area (Å²) in [7, 11) is 1.65. The predicted molar refractivity (Wildman–Crippen MR) is 99.1 cm³/mol. The van der Waals surface area contributed by atoms with Crippen LogP contribution in [0.2, 0.25) is 0 Å². The van der Waals surface area contributed by atoms with Gasteiger partial charge in [0.15, 0.2) is 0 Å². The molecule has 1 heterocycles. The monoisotopic (exact) mass is 356 g/mol. The van der Waals surface area contributed by atoms with Crippen LogP contribution in [0.5, 0.6) is 5.75 Å². The third kappa shape index (κ3) is 5.65. The lowest BCUT2D eigenvalue weighted by Crippen LogP contribution is -2.47. The van der Waals surface area contributed by atoms with E-state index in [1.165, 1.54) is 0 Å². The molecule has 1 amide bonds. The van der Waals surface area contributed by atoms with Gasteiger partial charge in [-0.2, -0.15) is 0 Å². The van der Waals surface area contributed by atoms with Crippen molar-refractivity contribution >= 4 is 24.0 Å². The van der Waals surface area contributed by atoms with E-state index in [2.05, 4.69) is 10.6 Å². The lowest BCUT2D eigenvalue weighted by Gasteiger charge is -2.35. The quantitative estimate of drug-likeness (QED) is 0.850. The number of piperidine rings is 1. The van der Waals surface area contributed by atoms with Crippen LogP contribution < -0.4 is 15.4 Å². The van der Waals surface area contributed by atoms with Crippen LogP contribution in [0.4, 0.5) is 5.69 Å². The van der Waals surface area contributed by atoms with Crippen LogP contribution in [0.15, 0.2) is 24.3 Å². The van der Waals surface area contributed by atoms with Gasteiger partial charge in [0.25, 0.3) is 0 Å². The topological polar surface area (TPSA) is 59.6 Å². The van der Waals surface area contributed by atoms with Crippen LogP contribution in [0.3, 0.4) is 0 Å². The average molecular weight is 357 g/mol. The van der Waals surface area contributed by atoms with Gasteiger partial charge in [0.2, 0.25) is 5.91 Å². The Balaban J connectivity index is 0.00000288. The van der Waals surface area contributed by atoms with E-state index in [0.29, 0.717) is 6.61 Å². The Kier molecular flexibility index (Phi) is 7.52. The molecule has 6 heteroatoms. The summed E-state index contributed by atoms with van der Waals surface area (Å²) in [6.07, 6.45) is 1.58. The largest absolute Gasteiger partial charge is 0.488 e. The minimum absolute atomic E-state index is 0. The van der Waals surface area contributed by atoms with Crippen molar-refractivity contribution in [1.29, 1.82) is 0 Å². The Labute approximate surface area is 150 Å². The number of halogens is 1. The summed E-state index contributed by atoms with van der Waals surface area (Å²) in [5.74, 6) is 0.828. The highest BCUT2D eigenvalue weighted by Gasteiger charge is 2.39. The summed E-state index contributed by atoms with van der Waals surface area (Å²) in [6.45, 7) is 8.16. The molecule has 5 nitrogen and oxygen atoms in total. The van der Waals surface area contributed by atoms with Crippen molar-refractivity contribution in [2.45, 2.75) is 39.2 Å². The van der Waals surface area contributed by atoms with E-state index in [1.54, 1.807) is 7.11 Å². The van der Waals surface area contributed by atoms with Crippen molar-refractivity contribution < 1.29 is 14.3 Å². The molecular weight excluding hydrogens is 328 g/mol. The molecule has 0 unspecified atom stereocenters. The lowest BCUT2D eigenvalue weighted by atomic mass is 9.78. The zero-order valence-corrected chi connectivity index (χ0v) is 15.8. The van der Waals surface area contributed by atoms with Crippen LogP contribution >= 0.6 is 12.4 Å². The van der Waals surface area contributed by atoms with Gasteiger partial charge in [-0.3, -0.25) is 4.79 Å². The lowest BCUT2D eigenvalue weighted by molar-refractivity contribution is -0.130. The van der Waals surface area contributed by atoms with Crippen molar-refractivity contribution in [3.8, 4) is 5.75 Å². The molecule has 0 aliphatic carbocycles. The highest BCUT2D eigenvalue weighted by atomic mass is 35.5. The summed E-state index contributed by atoms with van der Waals surface area (Å²) >= 11 is 0. The third-order valence-electron chi connectivity index (χ3n) is 4.00. The normalized spacial score (nSPS) is 16.8. The van der Waals surface area contributed by atoms with E-state index in [9.17, 15) is 4.79 Å². The number of carbonyl (C=O) groups excluding carboxylic acids is 1. The maximum Gasteiger partial charge on any atom is 0.233 e. The van der Waals surface area contributed by atoms with Crippen LogP contribution in [0.25, 0.3) is 0 Å². The van der Waals surface area contributed by atoms with E-state index in [4.69, 9.17) is 9.47 Å². The average Bonchev–Trinajstić information content (AvgIpc) is 2.49. The van der Waals surface area contributed by atoms with Gasteiger partial charge in [0, 0.05) is 12.8 Å². The summed E-state index contributed by atoms with van der Waals surface area (Å²) in [5.41, 5.74) is 0.105. The Morgan fingerprint density at radius 2 is 1.79 bits per heavy atom. The standard InChI is InChI=1S/C18H28N2O3.ClH/c1-17(2,3)23-15-7-5-14(6-8-15)20-16(21)18(13-22-4)9-11-19-12-10-18;/h5-8,19H,9-13H2,1-4H3,(H,20,21);1H. The molecular formula is C18H29ClN2O3. The number of methoxy groups -OCH3 is 1. The Hall–Kier alpha value is -1.30. The molecule has 0 bridgehead atoms. The molecule has 0 atom stereocenters. The first-order valence-electron chi connectivity index (χ1n) is 8.15. The molecule has 1 aromatic carbocycles. The first-order chi connectivity index (χ1) is 10.8. The first kappa shape index (κ1) is 20.7. The van der Waals surface area contributed by atoms with Gasteiger partial charge >= 0.3 is 0 Å². The fraction of sp³-hybridized carbons (Fsp3) is 0.611. The van der Waals surface area contributed by atoms with Gasteiger partial charge in [0.1, 0.15) is 11.4 Å². The number of rotatable bonds is 5. The van der Waals surface area contributed by atoms with Crippen LogP contribution in [-0.4, -0.2) is 38.3 Å². The number of nitrogens with one attached hydrogen (secondary N) is 2. The Morgan fingerprint density at radius 3 is 2.29 bits per heavy atom. The molecule has 1 fully saturated rings. The predicted octanol–water partition coefficient (Wildman–Crippen LogP) is 3.24. The minimum atomic E-state index is -0.444. The smallest absolute Gasteiger partial charge is 0.233 e. The van der Waals surface area contributed by atoms with Gasteiger partial charge in [-0.25, -0.2) is 0 Å². The van der Waals surface area contributed by atoms with E-state index in [1.807, 2.05) is 45.0 Å². The number of benzene rings is 1. The van der Waals surface area contributed by atoms with Crippen molar-refractivity contribution in [1.82, 2.24) is 5.32 Å². The molecule has 1 aliphatic heterocycles. The maximum absolute atomic E-state index is 12.7. The highest BCUT2D eigenvalue weighted by molar-refractivity contribution is 5.95. The molecule has 136 valence electrons. The third-order valence-corrected chi connectivity index (χ3v) is 4.00. The van der Waals surface area contributed by atoms with Crippen LogP contribution in [0.1, 0.15) is 33.6 Å². The van der Waals surface area contributed by atoms with Crippen LogP contribution in [0, 0.1) is 5.41 Å². The Bertz CT molecular complexity index is 515. The number of hydrogen-bond donors (Lipinski definition) is 2. The zero-order valence-electron chi connectivity index (χ0n) is 15.0. The number of amides is 1. The summed E-state index contributed by atoms with van der Waals surface area (Å²) in [5, 5.41) is 6.32. The first-order valence-corrected chi connectivity index (χ1v) is 8.15. The number of ether oxygens (including phenoxy) is 2. The minimum Gasteiger partial charge on any atom is -0.488 e. The molecule has 1 aliphatic rings. The van der Waals surface area contributed by atoms with E-state index >= 15 is 0 Å². The van der Waals surface area contributed by atoms with Gasteiger partial charge in [-0.1, -0.05) is 0 Å². The van der Waals surface area contributed by atoms with Gasteiger partial charge < -0.3 is 20.1 Å². The molecule has 2 rings (SSSR count). The molecule has 24 heavy (non-hydrogen) atoms. The summed E-state index contributed by atoms with van der Waals surface area (Å²) in [4.78, 5) is 12.7. The van der Waals surface area contributed by atoms with E-state index in [-0.39, 0.29) is 23.9 Å².